The summed E-state index contributed by atoms with van der Waals surface area (Å²) in [5, 5.41) is 15.8. The fourth-order valence-electron chi connectivity index (χ4n) is 4.76. The molecule has 17 heteroatoms. The van der Waals surface area contributed by atoms with Gasteiger partial charge < -0.3 is 22.2 Å². The number of benzene rings is 4. The number of rotatable bonds is 7. The number of hydrogen-bond donors (Lipinski definition) is 2. The van der Waals surface area contributed by atoms with Gasteiger partial charge in [0.15, 0.2) is 11.4 Å². The third-order valence-corrected chi connectivity index (χ3v) is 8.74. The molecule has 1 fully saturated rings. The second kappa shape index (κ2) is 29.2. The molecular weight excluding hydrogens is 908 g/mol. The van der Waals surface area contributed by atoms with Gasteiger partial charge in [-0.25, -0.2) is 28.1 Å². The van der Waals surface area contributed by atoms with Gasteiger partial charge in [0.05, 0.1) is 13.1 Å². The van der Waals surface area contributed by atoms with E-state index in [1.807, 2.05) is 13.0 Å². The second-order valence-corrected chi connectivity index (χ2v) is 13.1. The van der Waals surface area contributed by atoms with E-state index in [0.29, 0.717) is 52.7 Å². The fourth-order valence-corrected chi connectivity index (χ4v) is 6.07. The molecule has 1 heterocycles. The molecule has 4 aromatic carbocycles. The number of halogens is 4. The van der Waals surface area contributed by atoms with E-state index >= 15 is 0 Å². The van der Waals surface area contributed by atoms with Crippen molar-refractivity contribution < 1.29 is 138 Å². The Bertz CT molecular complexity index is 2000. The zero-order valence-electron chi connectivity index (χ0n) is 33.1. The van der Waals surface area contributed by atoms with E-state index in [1.165, 1.54) is 18.6 Å². The molecule has 0 atom stereocenters. The molecule has 11 nitrogen and oxygen atoms in total. The van der Waals surface area contributed by atoms with Crippen LogP contribution in [0.5, 0.6) is 0 Å². The van der Waals surface area contributed by atoms with Crippen LogP contribution in [0, 0.1) is 52.5 Å². The number of nitrogens with one attached hydrogen (secondary N) is 2. The maximum absolute atomic E-state index is 13.8. The molecule has 1 aliphatic heterocycles. The molecule has 0 saturated carbocycles. The number of nitrogens with zero attached hydrogens (tertiary/aromatic N) is 4. The molecule has 0 radical (unpaired) electrons. The van der Waals surface area contributed by atoms with Gasteiger partial charge in [0.1, 0.15) is 11.6 Å². The Morgan fingerprint density at radius 3 is 1.64 bits per heavy atom. The SMILES string of the molecule is BrCCCBr.O=CO[O-].[C-]#[N+]c1ccc(N2CCCN(c3ccc(C)c(F)c3)C2=O)cc1C.[C-]#[N+]c1ccc(NC(=O)Nc2ccc(C)c(F)c2)cc1C.[H-].[K+].[K+]. The van der Waals surface area contributed by atoms with Crippen molar-refractivity contribution in [3.8, 4) is 0 Å². The number of anilines is 4. The molecule has 2 N–H and O–H groups in total. The summed E-state index contributed by atoms with van der Waals surface area (Å²) in [6.45, 7) is 22.1. The fraction of sp³-hybridized carbons (Fsp3) is 0.256. The standard InChI is InChI=1S/C19H18FN3O.C16H14FN3O.C3H6Br2.CH2O3.2K.H/c1-13-5-6-16(12-17(13)20)23-10-4-9-22(19(23)24)15-7-8-18(21-3)14(2)11-15;1-10-4-5-13(9-14(10)17)20-16(21)19-12-6-7-15(18-3)11(2)8-12;4-2-1-3-5;2-1-4-3;;;/h5-8,11-12H,4,9-10H2,1-2H3;4-9H,1-2H3,(H2,19,20,21);1-3H2;1,3H;;;/q;;;;2*+1;-1/p-1. The van der Waals surface area contributed by atoms with Crippen molar-refractivity contribution in [3.05, 3.63) is 130 Å². The van der Waals surface area contributed by atoms with E-state index in [9.17, 15) is 18.4 Å². The minimum atomic E-state index is -0.465. The first-order chi connectivity index (χ1) is 25.8. The molecule has 0 unspecified atom stereocenters. The Kier molecular flexibility index (Phi) is 28.1. The maximum atomic E-state index is 13.8. The molecule has 4 aromatic rings. The van der Waals surface area contributed by atoms with Crippen molar-refractivity contribution in [3.63, 3.8) is 0 Å². The largest absolute Gasteiger partial charge is 1.00 e. The van der Waals surface area contributed by atoms with Gasteiger partial charge >= 0.3 is 115 Å². The van der Waals surface area contributed by atoms with Crippen molar-refractivity contribution in [2.45, 2.75) is 40.5 Å². The summed E-state index contributed by atoms with van der Waals surface area (Å²) in [5.74, 6) is -0.681. The summed E-state index contributed by atoms with van der Waals surface area (Å²) in [6.07, 6.45) is 2.02. The average molecular weight is 949 g/mol. The van der Waals surface area contributed by atoms with Crippen LogP contribution >= 0.6 is 31.9 Å². The van der Waals surface area contributed by atoms with E-state index in [-0.39, 0.29) is 128 Å². The maximum Gasteiger partial charge on any atom is 1.00 e. The Balaban J connectivity index is 0. The van der Waals surface area contributed by atoms with Crippen LogP contribution in [0.25, 0.3) is 9.69 Å². The van der Waals surface area contributed by atoms with Crippen molar-refractivity contribution in [1.29, 1.82) is 0 Å². The van der Waals surface area contributed by atoms with Crippen LogP contribution in [-0.4, -0.2) is 42.3 Å². The number of carbonyl (C=O) groups excluding carboxylic acids is 3. The Labute approximate surface area is 430 Å². The van der Waals surface area contributed by atoms with Gasteiger partial charge in [-0.05, 0) is 111 Å². The molecule has 1 saturated heterocycles. The summed E-state index contributed by atoms with van der Waals surface area (Å²) in [4.78, 5) is 46.0. The van der Waals surface area contributed by atoms with Crippen LogP contribution in [0.4, 0.5) is 52.5 Å². The van der Waals surface area contributed by atoms with Crippen molar-refractivity contribution in [2.75, 3.05) is 44.2 Å². The first kappa shape index (κ1) is 53.9. The normalized spacial score (nSPS) is 11.1. The molecule has 286 valence electrons. The Hall–Kier alpha value is -2.08. The Morgan fingerprint density at radius 2 is 1.21 bits per heavy atom. The first-order valence-corrected chi connectivity index (χ1v) is 18.6. The minimum Gasteiger partial charge on any atom is -1.00 e. The molecule has 1 aliphatic rings. The Morgan fingerprint density at radius 1 is 0.786 bits per heavy atom. The number of alkyl halides is 2. The molecule has 56 heavy (non-hydrogen) atoms. The molecule has 5 rings (SSSR count). The third kappa shape index (κ3) is 17.8. The smallest absolute Gasteiger partial charge is 1.00 e. The van der Waals surface area contributed by atoms with Crippen molar-refractivity contribution in [1.82, 2.24) is 0 Å². The van der Waals surface area contributed by atoms with Crippen molar-refractivity contribution in [2.24, 2.45) is 0 Å². The molecule has 4 amide bonds. The zero-order chi connectivity index (χ0) is 40.2. The summed E-state index contributed by atoms with van der Waals surface area (Å²) in [5.41, 5.74) is 6.12. The quantitative estimate of drug-likeness (QED) is 0.0720. The van der Waals surface area contributed by atoms with Gasteiger partial charge in [-0.15, -0.1) is 0 Å². The molecule has 0 aliphatic carbocycles. The van der Waals surface area contributed by atoms with Crippen LogP contribution < -0.4 is 128 Å². The molecule has 0 spiro atoms. The topological polar surface area (TPSA) is 123 Å². The summed E-state index contributed by atoms with van der Waals surface area (Å²) < 4.78 is 27.2. The van der Waals surface area contributed by atoms with E-state index in [0.717, 1.165) is 33.9 Å². The van der Waals surface area contributed by atoms with Gasteiger partial charge in [-0.1, -0.05) is 56.1 Å². The average Bonchev–Trinajstić information content (AvgIpc) is 3.15. The predicted octanol–water partition coefficient (Wildman–Crippen LogP) is 4.19. The second-order valence-electron chi connectivity index (χ2n) is 11.5. The molecule has 0 aromatic heterocycles. The zero-order valence-corrected chi connectivity index (χ0v) is 41.5. The van der Waals surface area contributed by atoms with E-state index in [4.69, 9.17) is 23.2 Å². The van der Waals surface area contributed by atoms with Gasteiger partial charge in [0.2, 0.25) is 0 Å². The number of amides is 4. The molecular formula is C39H40Br2F2K2N6O5. The van der Waals surface area contributed by atoms with Gasteiger partial charge in [-0.3, -0.25) is 14.6 Å². The van der Waals surface area contributed by atoms with Crippen LogP contribution in [0.2, 0.25) is 0 Å². The summed E-state index contributed by atoms with van der Waals surface area (Å²) in [7, 11) is 0. The van der Waals surface area contributed by atoms with Gasteiger partial charge in [-0.2, -0.15) is 0 Å². The minimum absolute atomic E-state index is 0. The van der Waals surface area contributed by atoms with Gasteiger partial charge in [0.25, 0.3) is 6.47 Å². The van der Waals surface area contributed by atoms with Crippen LogP contribution in [0.15, 0.2) is 72.8 Å². The van der Waals surface area contributed by atoms with E-state index in [2.05, 4.69) is 57.1 Å². The summed E-state index contributed by atoms with van der Waals surface area (Å²) in [6, 6.07) is 19.1. The monoisotopic (exact) mass is 946 g/mol. The van der Waals surface area contributed by atoms with Gasteiger partial charge in [0, 0.05) is 46.5 Å². The van der Waals surface area contributed by atoms with Crippen LogP contribution in [-0.2, 0) is 9.68 Å². The first-order valence-electron chi connectivity index (χ1n) is 16.3. The number of hydrogen-bond acceptors (Lipinski definition) is 5. The van der Waals surface area contributed by atoms with Crippen LogP contribution in [0.1, 0.15) is 36.5 Å². The number of aryl methyl sites for hydroxylation is 4. The van der Waals surface area contributed by atoms with E-state index < -0.39 is 6.03 Å². The number of urea groups is 2. The molecule has 0 bridgehead atoms. The summed E-state index contributed by atoms with van der Waals surface area (Å²) >= 11 is 6.56. The van der Waals surface area contributed by atoms with Crippen molar-refractivity contribution >= 4 is 84.5 Å². The number of carbonyl (C=O) groups is 3. The third-order valence-electron chi connectivity index (χ3n) is 7.62. The van der Waals surface area contributed by atoms with Crippen LogP contribution in [0.3, 0.4) is 0 Å². The predicted molar refractivity (Wildman–Crippen MR) is 215 cm³/mol. The van der Waals surface area contributed by atoms with E-state index in [1.54, 1.807) is 85.2 Å².